The first-order valence-electron chi connectivity index (χ1n) is 6.73. The van der Waals surface area contributed by atoms with Crippen LogP contribution in [-0.4, -0.2) is 12.6 Å². The van der Waals surface area contributed by atoms with E-state index in [2.05, 4.69) is 33.0 Å². The Morgan fingerprint density at radius 2 is 1.73 bits per heavy atom. The lowest BCUT2D eigenvalue weighted by atomic mass is 9.76. The number of hydrogen-bond donors (Lipinski definition) is 1. The van der Waals surface area contributed by atoms with Crippen molar-refractivity contribution in [1.29, 1.82) is 0 Å². The first kappa shape index (κ1) is 13.0. The Labute approximate surface area is 96.0 Å². The maximum Gasteiger partial charge on any atom is 0.00106 e. The Balaban J connectivity index is 2.26. The van der Waals surface area contributed by atoms with Crippen molar-refractivity contribution in [3.8, 4) is 0 Å². The van der Waals surface area contributed by atoms with E-state index in [0.29, 0.717) is 11.5 Å². The summed E-state index contributed by atoms with van der Waals surface area (Å²) in [5.74, 6) is 1.00. The minimum Gasteiger partial charge on any atom is -0.314 e. The maximum atomic E-state index is 3.58. The fraction of sp³-hybridized carbons (Fsp3) is 1.00. The van der Waals surface area contributed by atoms with E-state index in [4.69, 9.17) is 0 Å². The number of rotatable bonds is 5. The van der Waals surface area contributed by atoms with Crippen LogP contribution in [0, 0.1) is 11.3 Å². The third kappa shape index (κ3) is 5.55. The quantitative estimate of drug-likeness (QED) is 0.725. The van der Waals surface area contributed by atoms with Gasteiger partial charge in [-0.05, 0) is 17.8 Å². The highest BCUT2D eigenvalue weighted by Crippen LogP contribution is 2.34. The molecular formula is C14H29N. The van der Waals surface area contributed by atoms with E-state index >= 15 is 0 Å². The van der Waals surface area contributed by atoms with Gasteiger partial charge in [-0.25, -0.2) is 0 Å². The van der Waals surface area contributed by atoms with Gasteiger partial charge in [0.05, 0.1) is 0 Å². The minimum atomic E-state index is 0.478. The molecule has 0 aliphatic heterocycles. The molecule has 1 aliphatic rings. The van der Waals surface area contributed by atoms with E-state index in [-0.39, 0.29) is 0 Å². The Morgan fingerprint density at radius 1 is 1.13 bits per heavy atom. The maximum absolute atomic E-state index is 3.58. The van der Waals surface area contributed by atoms with Gasteiger partial charge in [0, 0.05) is 12.6 Å². The minimum absolute atomic E-state index is 0.478. The van der Waals surface area contributed by atoms with Crippen LogP contribution in [0.4, 0.5) is 0 Å². The summed E-state index contributed by atoms with van der Waals surface area (Å²) >= 11 is 0. The molecule has 0 radical (unpaired) electrons. The van der Waals surface area contributed by atoms with Gasteiger partial charge >= 0.3 is 0 Å². The van der Waals surface area contributed by atoms with Gasteiger partial charge in [0.25, 0.3) is 0 Å². The zero-order valence-electron chi connectivity index (χ0n) is 11.1. The molecule has 1 N–H and O–H groups in total. The van der Waals surface area contributed by atoms with Gasteiger partial charge in [-0.2, -0.15) is 0 Å². The molecule has 0 amide bonds. The van der Waals surface area contributed by atoms with Crippen LogP contribution >= 0.6 is 0 Å². The SMILES string of the molecule is CC(C)NCC(C)(C)CC1CCCCC1. The average Bonchev–Trinajstić information content (AvgIpc) is 2.16. The first-order valence-corrected chi connectivity index (χ1v) is 6.73. The molecule has 0 atom stereocenters. The van der Waals surface area contributed by atoms with Gasteiger partial charge in [-0.15, -0.1) is 0 Å². The van der Waals surface area contributed by atoms with Gasteiger partial charge in [-0.3, -0.25) is 0 Å². The van der Waals surface area contributed by atoms with Gasteiger partial charge in [0.15, 0.2) is 0 Å². The van der Waals surface area contributed by atoms with Crippen LogP contribution in [0.2, 0.25) is 0 Å². The topological polar surface area (TPSA) is 12.0 Å². The zero-order chi connectivity index (χ0) is 11.3. The van der Waals surface area contributed by atoms with Crippen LogP contribution in [-0.2, 0) is 0 Å². The molecule has 0 saturated heterocycles. The van der Waals surface area contributed by atoms with Gasteiger partial charge in [0.1, 0.15) is 0 Å². The molecule has 0 aromatic heterocycles. The lowest BCUT2D eigenvalue weighted by Gasteiger charge is -2.32. The Morgan fingerprint density at radius 3 is 2.27 bits per heavy atom. The third-order valence-corrected chi connectivity index (χ3v) is 3.55. The molecule has 0 aromatic rings. The van der Waals surface area contributed by atoms with E-state index in [1.807, 2.05) is 0 Å². The highest BCUT2D eigenvalue weighted by Gasteiger charge is 2.24. The summed E-state index contributed by atoms with van der Waals surface area (Å²) in [4.78, 5) is 0. The monoisotopic (exact) mass is 211 g/mol. The molecule has 0 aromatic carbocycles. The molecule has 15 heavy (non-hydrogen) atoms. The van der Waals surface area contributed by atoms with Crippen molar-refractivity contribution in [2.75, 3.05) is 6.54 Å². The van der Waals surface area contributed by atoms with E-state index in [9.17, 15) is 0 Å². The van der Waals surface area contributed by atoms with E-state index in [1.165, 1.54) is 45.1 Å². The van der Waals surface area contributed by atoms with Crippen LogP contribution in [0.25, 0.3) is 0 Å². The third-order valence-electron chi connectivity index (χ3n) is 3.55. The smallest absolute Gasteiger partial charge is 0.00106 e. The van der Waals surface area contributed by atoms with Crippen molar-refractivity contribution in [1.82, 2.24) is 5.32 Å². The van der Waals surface area contributed by atoms with Crippen LogP contribution in [0.5, 0.6) is 0 Å². The summed E-state index contributed by atoms with van der Waals surface area (Å²) < 4.78 is 0. The normalized spacial score (nSPS) is 19.8. The fourth-order valence-electron chi connectivity index (χ4n) is 2.73. The largest absolute Gasteiger partial charge is 0.314 e. The summed E-state index contributed by atoms with van der Waals surface area (Å²) in [5, 5.41) is 3.58. The van der Waals surface area contributed by atoms with Gasteiger partial charge in [-0.1, -0.05) is 59.8 Å². The van der Waals surface area contributed by atoms with Crippen LogP contribution < -0.4 is 5.32 Å². The van der Waals surface area contributed by atoms with Crippen LogP contribution in [0.1, 0.15) is 66.2 Å². The Hall–Kier alpha value is -0.0400. The Kier molecular flexibility index (Phi) is 5.11. The molecule has 1 rings (SSSR count). The molecule has 0 unspecified atom stereocenters. The molecule has 1 nitrogen and oxygen atoms in total. The number of hydrogen-bond acceptors (Lipinski definition) is 1. The lowest BCUT2D eigenvalue weighted by Crippen LogP contribution is -2.35. The summed E-state index contributed by atoms with van der Waals surface area (Å²) in [6.45, 7) is 10.5. The van der Waals surface area contributed by atoms with Crippen molar-refractivity contribution in [2.45, 2.75) is 72.3 Å². The molecule has 0 heterocycles. The first-order chi connectivity index (χ1) is 6.99. The van der Waals surface area contributed by atoms with Crippen molar-refractivity contribution in [3.63, 3.8) is 0 Å². The molecule has 1 heteroatoms. The second kappa shape index (κ2) is 5.89. The van der Waals surface area contributed by atoms with Crippen LogP contribution in [0.15, 0.2) is 0 Å². The molecule has 1 saturated carbocycles. The molecule has 0 spiro atoms. The zero-order valence-corrected chi connectivity index (χ0v) is 11.1. The lowest BCUT2D eigenvalue weighted by molar-refractivity contribution is 0.212. The van der Waals surface area contributed by atoms with Crippen LogP contribution in [0.3, 0.4) is 0 Å². The summed E-state index contributed by atoms with van der Waals surface area (Å²) in [6.07, 6.45) is 8.78. The fourth-order valence-corrected chi connectivity index (χ4v) is 2.73. The van der Waals surface area contributed by atoms with E-state index in [1.54, 1.807) is 0 Å². The van der Waals surface area contributed by atoms with Crippen molar-refractivity contribution in [2.24, 2.45) is 11.3 Å². The molecular weight excluding hydrogens is 182 g/mol. The summed E-state index contributed by atoms with van der Waals surface area (Å²) in [6, 6.07) is 0.621. The highest BCUT2D eigenvalue weighted by atomic mass is 14.9. The molecule has 90 valence electrons. The number of nitrogens with one attached hydrogen (secondary N) is 1. The van der Waals surface area contributed by atoms with Gasteiger partial charge < -0.3 is 5.32 Å². The molecule has 1 fully saturated rings. The second-order valence-electron chi connectivity index (χ2n) is 6.41. The standard InChI is InChI=1S/C14H29N/c1-12(2)15-11-14(3,4)10-13-8-6-5-7-9-13/h12-13,15H,5-11H2,1-4H3. The highest BCUT2D eigenvalue weighted by molar-refractivity contribution is 4.78. The summed E-state index contributed by atoms with van der Waals surface area (Å²) in [5.41, 5.74) is 0.478. The van der Waals surface area contributed by atoms with Crippen molar-refractivity contribution >= 4 is 0 Å². The van der Waals surface area contributed by atoms with E-state index in [0.717, 1.165) is 5.92 Å². The predicted octanol–water partition coefficient (Wildman–Crippen LogP) is 3.98. The van der Waals surface area contributed by atoms with Crippen molar-refractivity contribution in [3.05, 3.63) is 0 Å². The Bertz CT molecular complexity index is 166. The second-order valence-corrected chi connectivity index (χ2v) is 6.41. The van der Waals surface area contributed by atoms with Gasteiger partial charge in [0.2, 0.25) is 0 Å². The molecule has 0 bridgehead atoms. The average molecular weight is 211 g/mol. The van der Waals surface area contributed by atoms with E-state index < -0.39 is 0 Å². The molecule has 1 aliphatic carbocycles. The van der Waals surface area contributed by atoms with Crippen molar-refractivity contribution < 1.29 is 0 Å². The predicted molar refractivity (Wildman–Crippen MR) is 68.1 cm³/mol. The summed E-state index contributed by atoms with van der Waals surface area (Å²) in [7, 11) is 0.